The lowest BCUT2D eigenvalue weighted by atomic mass is 10.0. The Morgan fingerprint density at radius 2 is 1.82 bits per heavy atom. The van der Waals surface area contributed by atoms with Crippen molar-refractivity contribution in [2.24, 2.45) is 5.92 Å². The van der Waals surface area contributed by atoms with E-state index in [9.17, 15) is 9.59 Å². The molecular formula is C11H19N3O3. The van der Waals surface area contributed by atoms with Crippen LogP contribution in [0.4, 0.5) is 0 Å². The van der Waals surface area contributed by atoms with Gasteiger partial charge in [0.1, 0.15) is 6.04 Å². The van der Waals surface area contributed by atoms with Gasteiger partial charge in [-0.2, -0.15) is 0 Å². The predicted molar refractivity (Wildman–Crippen MR) is 61.6 cm³/mol. The molecule has 2 rings (SSSR count). The summed E-state index contributed by atoms with van der Waals surface area (Å²) in [7, 11) is 0. The molecule has 2 N–H and O–H groups in total. The van der Waals surface area contributed by atoms with Crippen LogP contribution in [-0.2, 0) is 9.59 Å². The highest BCUT2D eigenvalue weighted by molar-refractivity contribution is 5.80. The minimum absolute atomic E-state index is 0.137. The molecule has 6 heteroatoms. The summed E-state index contributed by atoms with van der Waals surface area (Å²) in [5.41, 5.74) is 0. The zero-order valence-corrected chi connectivity index (χ0v) is 10.1. The van der Waals surface area contributed by atoms with E-state index < -0.39 is 12.0 Å². The van der Waals surface area contributed by atoms with Crippen molar-refractivity contribution < 1.29 is 14.7 Å². The molecule has 96 valence electrons. The Labute approximate surface area is 101 Å². The van der Waals surface area contributed by atoms with E-state index in [0.29, 0.717) is 26.2 Å². The Bertz CT molecular complexity index is 309. The van der Waals surface area contributed by atoms with Crippen LogP contribution in [0, 0.1) is 5.92 Å². The van der Waals surface area contributed by atoms with Crippen LogP contribution < -0.4 is 5.32 Å². The van der Waals surface area contributed by atoms with E-state index in [0.717, 1.165) is 13.1 Å². The smallest absolute Gasteiger partial charge is 0.320 e. The van der Waals surface area contributed by atoms with E-state index in [2.05, 4.69) is 5.32 Å². The van der Waals surface area contributed by atoms with E-state index in [1.807, 2.05) is 9.80 Å². The summed E-state index contributed by atoms with van der Waals surface area (Å²) in [6.45, 7) is 5.85. The molecule has 0 bridgehead atoms. The van der Waals surface area contributed by atoms with Gasteiger partial charge in [0, 0.05) is 39.3 Å². The molecule has 2 saturated heterocycles. The Kier molecular flexibility index (Phi) is 3.63. The van der Waals surface area contributed by atoms with Crippen molar-refractivity contribution in [2.45, 2.75) is 13.0 Å². The van der Waals surface area contributed by atoms with Gasteiger partial charge in [-0.1, -0.05) is 0 Å². The number of hydrogen-bond donors (Lipinski definition) is 2. The molecule has 0 radical (unpaired) electrons. The Morgan fingerprint density at radius 1 is 1.24 bits per heavy atom. The summed E-state index contributed by atoms with van der Waals surface area (Å²) in [5, 5.41) is 12.0. The van der Waals surface area contributed by atoms with Gasteiger partial charge in [0.25, 0.3) is 0 Å². The van der Waals surface area contributed by atoms with Crippen LogP contribution in [-0.4, -0.2) is 72.1 Å². The average Bonchev–Trinajstić information content (AvgIpc) is 2.25. The fourth-order valence-electron chi connectivity index (χ4n) is 2.21. The lowest BCUT2D eigenvalue weighted by Crippen LogP contribution is -2.58. The molecule has 0 aromatic rings. The molecule has 1 unspecified atom stereocenters. The summed E-state index contributed by atoms with van der Waals surface area (Å²) >= 11 is 0. The molecule has 17 heavy (non-hydrogen) atoms. The van der Waals surface area contributed by atoms with Gasteiger partial charge in [-0.25, -0.2) is 0 Å². The fourth-order valence-corrected chi connectivity index (χ4v) is 2.21. The van der Waals surface area contributed by atoms with Crippen molar-refractivity contribution in [2.75, 3.05) is 39.3 Å². The highest BCUT2D eigenvalue weighted by Gasteiger charge is 2.32. The van der Waals surface area contributed by atoms with Crippen LogP contribution in [0.1, 0.15) is 6.92 Å². The second kappa shape index (κ2) is 5.01. The molecule has 0 aromatic heterocycles. The van der Waals surface area contributed by atoms with Crippen molar-refractivity contribution in [3.63, 3.8) is 0 Å². The number of rotatable bonds is 3. The van der Waals surface area contributed by atoms with Gasteiger partial charge >= 0.3 is 5.97 Å². The van der Waals surface area contributed by atoms with Gasteiger partial charge < -0.3 is 15.3 Å². The third kappa shape index (κ3) is 2.58. The molecule has 0 saturated carbocycles. The van der Waals surface area contributed by atoms with Gasteiger partial charge in [0.2, 0.25) is 5.91 Å². The third-order valence-corrected chi connectivity index (χ3v) is 3.66. The van der Waals surface area contributed by atoms with E-state index in [-0.39, 0.29) is 11.8 Å². The summed E-state index contributed by atoms with van der Waals surface area (Å²) in [6, 6.07) is -0.461. The molecule has 6 nitrogen and oxygen atoms in total. The van der Waals surface area contributed by atoms with Crippen LogP contribution in [0.25, 0.3) is 0 Å². The Hall–Kier alpha value is -1.14. The van der Waals surface area contributed by atoms with Crippen LogP contribution in [0.15, 0.2) is 0 Å². The van der Waals surface area contributed by atoms with Gasteiger partial charge in [0.05, 0.1) is 5.92 Å². The molecule has 1 amide bonds. The van der Waals surface area contributed by atoms with Crippen molar-refractivity contribution in [3.05, 3.63) is 0 Å². The third-order valence-electron chi connectivity index (χ3n) is 3.66. The number of carbonyl (C=O) groups is 2. The standard InChI is InChI=1S/C11H19N3O3/c1-8(11(16)17)13-2-4-14(5-3-13)10(15)9-6-12-7-9/h8-9,12H,2-7H2,1H3,(H,16,17). The normalized spacial score (nSPS) is 24.2. The number of hydrogen-bond acceptors (Lipinski definition) is 4. The summed E-state index contributed by atoms with van der Waals surface area (Å²) in [5.74, 6) is -0.446. The highest BCUT2D eigenvalue weighted by atomic mass is 16.4. The number of carbonyl (C=O) groups excluding carboxylic acids is 1. The molecule has 2 fully saturated rings. The lowest BCUT2D eigenvalue weighted by molar-refractivity contribution is -0.145. The van der Waals surface area contributed by atoms with Crippen LogP contribution >= 0.6 is 0 Å². The second-order valence-electron chi connectivity index (χ2n) is 4.73. The number of amides is 1. The topological polar surface area (TPSA) is 72.9 Å². The number of aliphatic carboxylic acids is 1. The van der Waals surface area contributed by atoms with E-state index >= 15 is 0 Å². The first-order chi connectivity index (χ1) is 8.09. The monoisotopic (exact) mass is 241 g/mol. The van der Waals surface area contributed by atoms with Gasteiger partial charge in [-0.05, 0) is 6.92 Å². The molecule has 1 atom stereocenters. The highest BCUT2D eigenvalue weighted by Crippen LogP contribution is 2.12. The maximum Gasteiger partial charge on any atom is 0.320 e. The largest absolute Gasteiger partial charge is 0.480 e. The van der Waals surface area contributed by atoms with Crippen molar-refractivity contribution in [3.8, 4) is 0 Å². The Morgan fingerprint density at radius 3 is 2.24 bits per heavy atom. The average molecular weight is 241 g/mol. The Balaban J connectivity index is 1.81. The second-order valence-corrected chi connectivity index (χ2v) is 4.73. The molecule has 0 aliphatic carbocycles. The summed E-state index contributed by atoms with van der Waals surface area (Å²) in [4.78, 5) is 26.6. The van der Waals surface area contributed by atoms with E-state index in [4.69, 9.17) is 5.11 Å². The van der Waals surface area contributed by atoms with Gasteiger partial charge in [-0.15, -0.1) is 0 Å². The molecule has 2 heterocycles. The number of nitrogens with one attached hydrogen (secondary N) is 1. The van der Waals surface area contributed by atoms with Gasteiger partial charge in [-0.3, -0.25) is 14.5 Å². The predicted octanol–water partition coefficient (Wildman–Crippen LogP) is -1.18. The number of piperazine rings is 1. The summed E-state index contributed by atoms with van der Waals surface area (Å²) in [6.07, 6.45) is 0. The zero-order valence-electron chi connectivity index (χ0n) is 10.1. The molecule has 0 spiro atoms. The van der Waals surface area contributed by atoms with Crippen molar-refractivity contribution in [1.82, 2.24) is 15.1 Å². The maximum absolute atomic E-state index is 11.9. The van der Waals surface area contributed by atoms with E-state index in [1.54, 1.807) is 6.92 Å². The first-order valence-electron chi connectivity index (χ1n) is 6.06. The molecule has 2 aliphatic heterocycles. The first-order valence-corrected chi connectivity index (χ1v) is 6.06. The lowest BCUT2D eigenvalue weighted by Gasteiger charge is -2.39. The van der Waals surface area contributed by atoms with E-state index in [1.165, 1.54) is 0 Å². The molecule has 0 aromatic carbocycles. The zero-order chi connectivity index (χ0) is 12.4. The molecular weight excluding hydrogens is 222 g/mol. The van der Waals surface area contributed by atoms with Crippen molar-refractivity contribution in [1.29, 1.82) is 0 Å². The number of nitrogens with zero attached hydrogens (tertiary/aromatic N) is 2. The number of carboxylic acid groups (broad SMARTS) is 1. The summed E-state index contributed by atoms with van der Waals surface area (Å²) < 4.78 is 0. The number of carboxylic acids is 1. The SMILES string of the molecule is CC(C(=O)O)N1CCN(C(=O)C2CNC2)CC1. The fraction of sp³-hybridized carbons (Fsp3) is 0.818. The quantitative estimate of drug-likeness (QED) is 0.651. The maximum atomic E-state index is 11.9. The van der Waals surface area contributed by atoms with Gasteiger partial charge in [0.15, 0.2) is 0 Å². The van der Waals surface area contributed by atoms with Crippen LogP contribution in [0.3, 0.4) is 0 Å². The first kappa shape index (κ1) is 12.3. The minimum atomic E-state index is -0.798. The van der Waals surface area contributed by atoms with Crippen LogP contribution in [0.2, 0.25) is 0 Å². The minimum Gasteiger partial charge on any atom is -0.480 e. The van der Waals surface area contributed by atoms with Crippen LogP contribution in [0.5, 0.6) is 0 Å². The molecule has 2 aliphatic rings. The van der Waals surface area contributed by atoms with Crippen molar-refractivity contribution >= 4 is 11.9 Å².